The van der Waals surface area contributed by atoms with Crippen LogP contribution in [0.5, 0.6) is 0 Å². The summed E-state index contributed by atoms with van der Waals surface area (Å²) in [6, 6.07) is 8.61. The number of hydrogen-bond acceptors (Lipinski definition) is 3. The highest BCUT2D eigenvalue weighted by Gasteiger charge is 2.08. The number of aliphatic imine (C=N–C) groups is 1. The first kappa shape index (κ1) is 17.0. The smallest absolute Gasteiger partial charge is 0.191 e. The Morgan fingerprint density at radius 1 is 1.26 bits per heavy atom. The summed E-state index contributed by atoms with van der Waals surface area (Å²) in [5.41, 5.74) is 2.62. The van der Waals surface area contributed by atoms with Gasteiger partial charge in [-0.2, -0.15) is 0 Å². The predicted octanol–water partition coefficient (Wildman–Crippen LogP) is 1.90. The van der Waals surface area contributed by atoms with Crippen molar-refractivity contribution in [1.82, 2.24) is 25.4 Å². The van der Waals surface area contributed by atoms with Crippen molar-refractivity contribution in [3.05, 3.63) is 47.0 Å². The van der Waals surface area contributed by atoms with Crippen molar-refractivity contribution < 1.29 is 0 Å². The van der Waals surface area contributed by atoms with Gasteiger partial charge >= 0.3 is 0 Å². The van der Waals surface area contributed by atoms with Gasteiger partial charge in [0.1, 0.15) is 5.82 Å². The second kappa shape index (κ2) is 7.76. The Hall–Kier alpha value is -2.37. The number of nitrogens with one attached hydrogen (secondary N) is 2. The highest BCUT2D eigenvalue weighted by atomic mass is 15.3. The molecular weight excluding hydrogens is 288 g/mol. The third kappa shape index (κ3) is 4.55. The number of nitrogens with zero attached hydrogens (tertiary/aromatic N) is 4. The Kier molecular flexibility index (Phi) is 5.73. The van der Waals surface area contributed by atoms with Gasteiger partial charge in [0, 0.05) is 20.6 Å². The average Bonchev–Trinajstić information content (AvgIpc) is 2.86. The molecule has 1 unspecified atom stereocenters. The van der Waals surface area contributed by atoms with Gasteiger partial charge in [0.05, 0.1) is 6.54 Å². The summed E-state index contributed by atoms with van der Waals surface area (Å²) in [4.78, 5) is 4.26. The minimum atomic E-state index is 0.408. The van der Waals surface area contributed by atoms with E-state index in [1.807, 2.05) is 18.5 Å². The van der Waals surface area contributed by atoms with Crippen molar-refractivity contribution >= 4 is 5.96 Å². The van der Waals surface area contributed by atoms with E-state index >= 15 is 0 Å². The van der Waals surface area contributed by atoms with Crippen LogP contribution in [0.2, 0.25) is 0 Å². The summed E-state index contributed by atoms with van der Waals surface area (Å²) >= 11 is 0. The van der Waals surface area contributed by atoms with Crippen LogP contribution in [0.15, 0.2) is 29.3 Å². The van der Waals surface area contributed by atoms with Crippen molar-refractivity contribution in [1.29, 1.82) is 0 Å². The highest BCUT2D eigenvalue weighted by Crippen LogP contribution is 2.15. The van der Waals surface area contributed by atoms with Crippen LogP contribution in [0, 0.1) is 13.8 Å². The zero-order valence-electron chi connectivity index (χ0n) is 14.6. The number of rotatable bonds is 5. The van der Waals surface area contributed by atoms with Crippen LogP contribution in [0.1, 0.15) is 35.6 Å². The van der Waals surface area contributed by atoms with Gasteiger partial charge in [-0.3, -0.25) is 4.99 Å². The van der Waals surface area contributed by atoms with Crippen molar-refractivity contribution in [2.45, 2.75) is 33.2 Å². The van der Waals surface area contributed by atoms with E-state index in [1.165, 1.54) is 11.1 Å². The first-order chi connectivity index (χ1) is 11.0. The molecular formula is C17H26N6. The molecule has 2 aromatic rings. The lowest BCUT2D eigenvalue weighted by Crippen LogP contribution is -2.39. The van der Waals surface area contributed by atoms with Crippen LogP contribution < -0.4 is 10.6 Å². The fourth-order valence-electron chi connectivity index (χ4n) is 2.33. The second-order valence-corrected chi connectivity index (χ2v) is 5.84. The van der Waals surface area contributed by atoms with Crippen molar-refractivity contribution in [3.63, 3.8) is 0 Å². The maximum Gasteiger partial charge on any atom is 0.191 e. The lowest BCUT2D eigenvalue weighted by molar-refractivity contribution is 0.681. The third-order valence-electron chi connectivity index (χ3n) is 4.01. The molecule has 0 spiro atoms. The van der Waals surface area contributed by atoms with Gasteiger partial charge in [0.2, 0.25) is 0 Å². The Bertz CT molecular complexity index is 673. The lowest BCUT2D eigenvalue weighted by Gasteiger charge is -2.16. The zero-order chi connectivity index (χ0) is 16.8. The number of hydrogen-bond donors (Lipinski definition) is 2. The summed E-state index contributed by atoms with van der Waals surface area (Å²) in [7, 11) is 3.73. The van der Waals surface area contributed by atoms with E-state index in [-0.39, 0.29) is 0 Å². The van der Waals surface area contributed by atoms with E-state index in [2.05, 4.69) is 63.9 Å². The largest absolute Gasteiger partial charge is 0.356 e. The molecule has 0 radical (unpaired) electrons. The predicted molar refractivity (Wildman–Crippen MR) is 93.5 cm³/mol. The van der Waals surface area contributed by atoms with Gasteiger partial charge in [-0.1, -0.05) is 36.8 Å². The fraction of sp³-hybridized carbons (Fsp3) is 0.471. The van der Waals surface area contributed by atoms with Gasteiger partial charge in [-0.25, -0.2) is 0 Å². The fourth-order valence-corrected chi connectivity index (χ4v) is 2.33. The summed E-state index contributed by atoms with van der Waals surface area (Å²) < 4.78 is 1.97. The molecule has 1 atom stereocenters. The summed E-state index contributed by atoms with van der Waals surface area (Å²) in [5, 5.41) is 14.8. The average molecular weight is 314 g/mol. The van der Waals surface area contributed by atoms with Gasteiger partial charge < -0.3 is 15.2 Å². The van der Waals surface area contributed by atoms with E-state index in [0.29, 0.717) is 12.5 Å². The normalized spacial score (nSPS) is 13.0. The highest BCUT2D eigenvalue weighted by molar-refractivity contribution is 5.79. The maximum absolute atomic E-state index is 4.26. The van der Waals surface area contributed by atoms with Crippen LogP contribution in [0.3, 0.4) is 0 Å². The minimum Gasteiger partial charge on any atom is -0.356 e. The summed E-state index contributed by atoms with van der Waals surface area (Å²) in [6.07, 6.45) is 0. The topological polar surface area (TPSA) is 67.1 Å². The molecule has 0 amide bonds. The Balaban J connectivity index is 1.86. The molecule has 2 rings (SSSR count). The number of aryl methyl sites for hydroxylation is 2. The summed E-state index contributed by atoms with van der Waals surface area (Å²) in [6.45, 7) is 7.68. The first-order valence-electron chi connectivity index (χ1n) is 7.87. The van der Waals surface area contributed by atoms with Gasteiger partial charge in [0.25, 0.3) is 0 Å². The van der Waals surface area contributed by atoms with Crippen LogP contribution in [0.4, 0.5) is 0 Å². The number of aromatic nitrogens is 3. The molecule has 1 aromatic carbocycles. The maximum atomic E-state index is 4.26. The quantitative estimate of drug-likeness (QED) is 0.653. The molecule has 6 heteroatoms. The molecule has 0 aliphatic carbocycles. The van der Waals surface area contributed by atoms with Gasteiger partial charge in [-0.05, 0) is 25.3 Å². The van der Waals surface area contributed by atoms with E-state index in [9.17, 15) is 0 Å². The molecule has 0 saturated carbocycles. The molecule has 0 aliphatic heterocycles. The Morgan fingerprint density at radius 2 is 2.04 bits per heavy atom. The van der Waals surface area contributed by atoms with E-state index in [4.69, 9.17) is 0 Å². The monoisotopic (exact) mass is 314 g/mol. The van der Waals surface area contributed by atoms with E-state index in [0.717, 1.165) is 24.2 Å². The molecule has 0 bridgehead atoms. The van der Waals surface area contributed by atoms with Crippen molar-refractivity contribution in [2.24, 2.45) is 12.0 Å². The third-order valence-corrected chi connectivity index (χ3v) is 4.01. The van der Waals surface area contributed by atoms with Crippen molar-refractivity contribution in [3.8, 4) is 0 Å². The van der Waals surface area contributed by atoms with Crippen LogP contribution in [0.25, 0.3) is 0 Å². The van der Waals surface area contributed by atoms with Crippen LogP contribution in [-0.2, 0) is 13.6 Å². The molecule has 0 fully saturated rings. The molecule has 124 valence electrons. The molecule has 0 aliphatic rings. The van der Waals surface area contributed by atoms with Gasteiger partial charge in [-0.15, -0.1) is 10.2 Å². The molecule has 23 heavy (non-hydrogen) atoms. The Morgan fingerprint density at radius 3 is 2.65 bits per heavy atom. The first-order valence-corrected chi connectivity index (χ1v) is 7.87. The molecule has 6 nitrogen and oxygen atoms in total. The molecule has 2 N–H and O–H groups in total. The standard InChI is InChI=1S/C17H26N6/c1-12-7-6-8-15(9-12)13(2)10-19-17(18-4)20-11-16-22-21-14(3)23(16)5/h6-9,13H,10-11H2,1-5H3,(H2,18,19,20). The molecule has 1 aromatic heterocycles. The second-order valence-electron chi connectivity index (χ2n) is 5.84. The van der Waals surface area contributed by atoms with Crippen molar-refractivity contribution in [2.75, 3.05) is 13.6 Å². The van der Waals surface area contributed by atoms with Gasteiger partial charge in [0.15, 0.2) is 11.8 Å². The number of benzene rings is 1. The number of guanidine groups is 1. The molecule has 0 saturated heterocycles. The summed E-state index contributed by atoms with van der Waals surface area (Å²) in [5.74, 6) is 2.96. The van der Waals surface area contributed by atoms with Crippen LogP contribution in [-0.4, -0.2) is 34.3 Å². The lowest BCUT2D eigenvalue weighted by atomic mass is 9.99. The molecule has 1 heterocycles. The van der Waals surface area contributed by atoms with Crippen LogP contribution >= 0.6 is 0 Å². The Labute approximate surface area is 138 Å². The SMILES string of the molecule is CN=C(NCc1nnc(C)n1C)NCC(C)c1cccc(C)c1. The minimum absolute atomic E-state index is 0.408. The van der Waals surface area contributed by atoms with E-state index < -0.39 is 0 Å². The van der Waals surface area contributed by atoms with E-state index in [1.54, 1.807) is 7.05 Å². The zero-order valence-corrected chi connectivity index (χ0v) is 14.6.